The standard InChI is InChI=1S/C15H19N3S/c1-11-8-12(2-5-16)9-17-15(11)18-6-3-14-13(10-18)4-7-19-14/h4,7-9H,2-3,5-6,10,16H2,1H3. The topological polar surface area (TPSA) is 42.1 Å². The molecule has 0 spiro atoms. The van der Waals surface area contributed by atoms with Crippen molar-refractivity contribution in [3.8, 4) is 0 Å². The minimum absolute atomic E-state index is 0.683. The first-order valence-corrected chi connectivity index (χ1v) is 7.61. The molecule has 0 atom stereocenters. The summed E-state index contributed by atoms with van der Waals surface area (Å²) in [5.41, 5.74) is 9.54. The van der Waals surface area contributed by atoms with E-state index in [2.05, 4.69) is 34.3 Å². The van der Waals surface area contributed by atoms with E-state index in [1.165, 1.54) is 21.6 Å². The second kappa shape index (κ2) is 5.31. The van der Waals surface area contributed by atoms with Crippen molar-refractivity contribution in [3.05, 3.63) is 45.3 Å². The Morgan fingerprint density at radius 1 is 1.47 bits per heavy atom. The predicted octanol–water partition coefficient (Wildman–Crippen LogP) is 2.52. The van der Waals surface area contributed by atoms with E-state index in [-0.39, 0.29) is 0 Å². The number of aryl methyl sites for hydroxylation is 1. The Bertz CT molecular complexity index is 577. The van der Waals surface area contributed by atoms with Crippen molar-refractivity contribution in [2.24, 2.45) is 5.73 Å². The van der Waals surface area contributed by atoms with Crippen LogP contribution in [0.1, 0.15) is 21.6 Å². The predicted molar refractivity (Wildman–Crippen MR) is 80.8 cm³/mol. The van der Waals surface area contributed by atoms with Gasteiger partial charge in [0.15, 0.2) is 0 Å². The first-order valence-electron chi connectivity index (χ1n) is 6.73. The molecule has 3 rings (SSSR count). The highest BCUT2D eigenvalue weighted by Gasteiger charge is 2.19. The highest BCUT2D eigenvalue weighted by Crippen LogP contribution is 2.28. The second-order valence-corrected chi connectivity index (χ2v) is 6.06. The SMILES string of the molecule is Cc1cc(CCN)cnc1N1CCc2sccc2C1. The molecule has 2 aromatic heterocycles. The van der Waals surface area contributed by atoms with E-state index in [4.69, 9.17) is 5.73 Å². The molecule has 0 saturated carbocycles. The van der Waals surface area contributed by atoms with Gasteiger partial charge in [-0.05, 0) is 54.4 Å². The monoisotopic (exact) mass is 273 g/mol. The fraction of sp³-hybridized carbons (Fsp3) is 0.400. The molecule has 1 aliphatic rings. The van der Waals surface area contributed by atoms with Gasteiger partial charge in [0.05, 0.1) is 0 Å². The van der Waals surface area contributed by atoms with Crippen LogP contribution in [0.2, 0.25) is 0 Å². The Kier molecular flexibility index (Phi) is 3.53. The molecule has 2 aromatic rings. The summed E-state index contributed by atoms with van der Waals surface area (Å²) < 4.78 is 0. The van der Waals surface area contributed by atoms with Gasteiger partial charge in [0.25, 0.3) is 0 Å². The summed E-state index contributed by atoms with van der Waals surface area (Å²) in [5.74, 6) is 1.12. The number of pyridine rings is 1. The molecule has 0 radical (unpaired) electrons. The van der Waals surface area contributed by atoms with E-state index in [1.54, 1.807) is 0 Å². The fourth-order valence-corrected chi connectivity index (χ4v) is 3.58. The van der Waals surface area contributed by atoms with Crippen molar-refractivity contribution in [2.75, 3.05) is 18.0 Å². The van der Waals surface area contributed by atoms with Gasteiger partial charge in [-0.2, -0.15) is 0 Å². The molecule has 0 aromatic carbocycles. The molecule has 3 heterocycles. The Balaban J connectivity index is 1.83. The van der Waals surface area contributed by atoms with E-state index in [9.17, 15) is 0 Å². The van der Waals surface area contributed by atoms with Crippen molar-refractivity contribution >= 4 is 17.2 Å². The first-order chi connectivity index (χ1) is 9.28. The van der Waals surface area contributed by atoms with Crippen LogP contribution in [0, 0.1) is 6.92 Å². The first kappa shape index (κ1) is 12.6. The number of rotatable bonds is 3. The highest BCUT2D eigenvalue weighted by atomic mass is 32.1. The maximum Gasteiger partial charge on any atom is 0.131 e. The van der Waals surface area contributed by atoms with Crippen molar-refractivity contribution in [1.82, 2.24) is 4.98 Å². The fourth-order valence-electron chi connectivity index (χ4n) is 2.69. The minimum atomic E-state index is 0.683. The Labute approximate surface area is 118 Å². The number of hydrogen-bond donors (Lipinski definition) is 1. The molecule has 0 aliphatic carbocycles. The van der Waals surface area contributed by atoms with E-state index in [0.29, 0.717) is 6.54 Å². The van der Waals surface area contributed by atoms with Crippen LogP contribution < -0.4 is 10.6 Å². The van der Waals surface area contributed by atoms with Crippen molar-refractivity contribution < 1.29 is 0 Å². The van der Waals surface area contributed by atoms with Crippen LogP contribution >= 0.6 is 11.3 Å². The molecule has 100 valence electrons. The molecular formula is C15H19N3S. The van der Waals surface area contributed by atoms with Crippen LogP contribution in [0.15, 0.2) is 23.7 Å². The lowest BCUT2D eigenvalue weighted by atomic mass is 10.1. The smallest absolute Gasteiger partial charge is 0.131 e. The molecule has 3 nitrogen and oxygen atoms in total. The van der Waals surface area contributed by atoms with Crippen LogP contribution in [0.5, 0.6) is 0 Å². The zero-order chi connectivity index (χ0) is 13.2. The Hall–Kier alpha value is -1.39. The number of nitrogens with zero attached hydrogens (tertiary/aromatic N) is 2. The van der Waals surface area contributed by atoms with Crippen LogP contribution in [0.3, 0.4) is 0 Å². The average Bonchev–Trinajstić information content (AvgIpc) is 2.86. The van der Waals surface area contributed by atoms with Crippen LogP contribution in [0.25, 0.3) is 0 Å². The van der Waals surface area contributed by atoms with Crippen molar-refractivity contribution in [2.45, 2.75) is 26.3 Å². The van der Waals surface area contributed by atoms with Gasteiger partial charge in [0.1, 0.15) is 5.82 Å². The number of aromatic nitrogens is 1. The number of thiophene rings is 1. The average molecular weight is 273 g/mol. The van der Waals surface area contributed by atoms with Gasteiger partial charge >= 0.3 is 0 Å². The third-order valence-corrected chi connectivity index (χ3v) is 4.67. The third-order valence-electron chi connectivity index (χ3n) is 3.65. The molecule has 0 unspecified atom stereocenters. The summed E-state index contributed by atoms with van der Waals surface area (Å²) in [6.45, 7) is 4.88. The maximum atomic E-state index is 5.60. The summed E-state index contributed by atoms with van der Waals surface area (Å²) in [6, 6.07) is 4.46. The van der Waals surface area contributed by atoms with Gasteiger partial charge in [-0.25, -0.2) is 4.98 Å². The molecular weight excluding hydrogens is 254 g/mol. The molecule has 2 N–H and O–H groups in total. The summed E-state index contributed by atoms with van der Waals surface area (Å²) in [5, 5.41) is 2.19. The number of anilines is 1. The lowest BCUT2D eigenvalue weighted by Crippen LogP contribution is -2.30. The van der Waals surface area contributed by atoms with Crippen LogP contribution in [-0.4, -0.2) is 18.1 Å². The van der Waals surface area contributed by atoms with Gasteiger partial charge in [-0.3, -0.25) is 0 Å². The van der Waals surface area contributed by atoms with Crippen LogP contribution in [0.4, 0.5) is 5.82 Å². The van der Waals surface area contributed by atoms with E-state index in [1.807, 2.05) is 17.5 Å². The number of nitrogens with two attached hydrogens (primary N) is 1. The molecule has 1 aliphatic heterocycles. The van der Waals surface area contributed by atoms with Gasteiger partial charge in [0.2, 0.25) is 0 Å². The van der Waals surface area contributed by atoms with E-state index >= 15 is 0 Å². The summed E-state index contributed by atoms with van der Waals surface area (Å²) in [7, 11) is 0. The summed E-state index contributed by atoms with van der Waals surface area (Å²) >= 11 is 1.87. The van der Waals surface area contributed by atoms with Gasteiger partial charge in [0, 0.05) is 24.2 Å². The zero-order valence-corrected chi connectivity index (χ0v) is 12.0. The second-order valence-electron chi connectivity index (χ2n) is 5.06. The zero-order valence-electron chi connectivity index (χ0n) is 11.2. The van der Waals surface area contributed by atoms with Gasteiger partial charge < -0.3 is 10.6 Å². The maximum absolute atomic E-state index is 5.60. The number of hydrogen-bond acceptors (Lipinski definition) is 4. The number of fused-ring (bicyclic) bond motifs is 1. The third kappa shape index (κ3) is 2.51. The van der Waals surface area contributed by atoms with Gasteiger partial charge in [-0.1, -0.05) is 6.07 Å². The Morgan fingerprint density at radius 2 is 2.37 bits per heavy atom. The molecule has 4 heteroatoms. The largest absolute Gasteiger partial charge is 0.352 e. The van der Waals surface area contributed by atoms with E-state index < -0.39 is 0 Å². The van der Waals surface area contributed by atoms with Crippen molar-refractivity contribution in [1.29, 1.82) is 0 Å². The minimum Gasteiger partial charge on any atom is -0.352 e. The van der Waals surface area contributed by atoms with Gasteiger partial charge in [-0.15, -0.1) is 11.3 Å². The molecule has 19 heavy (non-hydrogen) atoms. The molecule has 0 amide bonds. The molecule has 0 saturated heterocycles. The lowest BCUT2D eigenvalue weighted by molar-refractivity contribution is 0.728. The molecule has 0 fully saturated rings. The quantitative estimate of drug-likeness (QED) is 0.934. The lowest BCUT2D eigenvalue weighted by Gasteiger charge is -2.29. The normalized spacial score (nSPS) is 14.5. The molecule has 0 bridgehead atoms. The van der Waals surface area contributed by atoms with E-state index in [0.717, 1.165) is 31.7 Å². The summed E-state index contributed by atoms with van der Waals surface area (Å²) in [6.07, 6.45) is 4.01. The summed E-state index contributed by atoms with van der Waals surface area (Å²) in [4.78, 5) is 8.57. The highest BCUT2D eigenvalue weighted by molar-refractivity contribution is 7.10. The van der Waals surface area contributed by atoms with Crippen molar-refractivity contribution in [3.63, 3.8) is 0 Å². The van der Waals surface area contributed by atoms with Crippen LogP contribution in [-0.2, 0) is 19.4 Å². The Morgan fingerprint density at radius 3 is 3.16 bits per heavy atom.